The van der Waals surface area contributed by atoms with Crippen LogP contribution in [0.2, 0.25) is 0 Å². The lowest BCUT2D eigenvalue weighted by atomic mass is 10.0. The highest BCUT2D eigenvalue weighted by molar-refractivity contribution is 5.78. The van der Waals surface area contributed by atoms with Crippen molar-refractivity contribution in [2.75, 3.05) is 33.4 Å². The van der Waals surface area contributed by atoms with E-state index in [1.165, 1.54) is 7.11 Å². The summed E-state index contributed by atoms with van der Waals surface area (Å²) in [5.74, 6) is 0.159. The minimum absolute atomic E-state index is 0.0298. The van der Waals surface area contributed by atoms with E-state index in [2.05, 4.69) is 5.32 Å². The summed E-state index contributed by atoms with van der Waals surface area (Å²) >= 11 is 0. The van der Waals surface area contributed by atoms with Gasteiger partial charge in [0, 0.05) is 32.7 Å². The number of nitrogens with zero attached hydrogens (tertiary/aromatic N) is 1. The van der Waals surface area contributed by atoms with Gasteiger partial charge in [-0.25, -0.2) is 0 Å². The lowest BCUT2D eigenvalue weighted by Gasteiger charge is -2.32. The first-order valence-electron chi connectivity index (χ1n) is 7.93. The summed E-state index contributed by atoms with van der Waals surface area (Å²) in [6.07, 6.45) is 6.38. The highest BCUT2D eigenvalue weighted by atomic mass is 16.5. The number of piperidine rings is 1. The third-order valence-electron chi connectivity index (χ3n) is 3.84. The zero-order chi connectivity index (χ0) is 15.5. The molecule has 2 amide bonds. The Morgan fingerprint density at radius 3 is 2.48 bits per heavy atom. The van der Waals surface area contributed by atoms with E-state index < -0.39 is 0 Å². The molecule has 0 radical (unpaired) electrons. The van der Waals surface area contributed by atoms with Crippen LogP contribution < -0.4 is 11.1 Å². The van der Waals surface area contributed by atoms with E-state index in [0.717, 1.165) is 45.1 Å². The summed E-state index contributed by atoms with van der Waals surface area (Å²) in [7, 11) is 1.53. The van der Waals surface area contributed by atoms with Crippen LogP contribution >= 0.6 is 0 Å². The molecule has 0 bridgehead atoms. The second kappa shape index (κ2) is 10.6. The van der Waals surface area contributed by atoms with Crippen molar-refractivity contribution in [3.05, 3.63) is 0 Å². The van der Waals surface area contributed by atoms with Crippen molar-refractivity contribution >= 4 is 11.8 Å². The van der Waals surface area contributed by atoms with Gasteiger partial charge in [0.15, 0.2) is 0 Å². The van der Waals surface area contributed by atoms with Crippen molar-refractivity contribution in [1.82, 2.24) is 10.2 Å². The molecule has 1 rings (SSSR count). The van der Waals surface area contributed by atoms with E-state index in [1.54, 1.807) is 4.90 Å². The molecule has 1 aliphatic heterocycles. The Hall–Kier alpha value is -1.14. The van der Waals surface area contributed by atoms with Crippen LogP contribution in [0.5, 0.6) is 0 Å². The molecule has 21 heavy (non-hydrogen) atoms. The Morgan fingerprint density at radius 2 is 1.86 bits per heavy atom. The third-order valence-corrected chi connectivity index (χ3v) is 3.84. The second-order valence-electron chi connectivity index (χ2n) is 5.61. The largest absolute Gasteiger partial charge is 0.375 e. The predicted molar refractivity (Wildman–Crippen MR) is 81.8 cm³/mol. The van der Waals surface area contributed by atoms with Crippen molar-refractivity contribution in [2.45, 2.75) is 51.0 Å². The van der Waals surface area contributed by atoms with Crippen molar-refractivity contribution in [1.29, 1.82) is 0 Å². The Kier molecular flexibility index (Phi) is 9.01. The van der Waals surface area contributed by atoms with Gasteiger partial charge in [0.2, 0.25) is 11.8 Å². The van der Waals surface area contributed by atoms with Crippen molar-refractivity contribution in [3.8, 4) is 0 Å². The molecule has 122 valence electrons. The van der Waals surface area contributed by atoms with Gasteiger partial charge in [-0.05, 0) is 32.2 Å². The lowest BCUT2D eigenvalue weighted by Crippen LogP contribution is -2.47. The standard InChI is InChI=1S/C15H29N3O3/c1-21-12-15(20)18-10-7-13(8-11-18)17-14(19)6-4-2-3-5-9-16/h13H,2-12,16H2,1H3,(H,17,19). The molecule has 0 spiro atoms. The molecule has 0 saturated carbocycles. The van der Waals surface area contributed by atoms with Crippen LogP contribution in [0.4, 0.5) is 0 Å². The van der Waals surface area contributed by atoms with Gasteiger partial charge >= 0.3 is 0 Å². The first-order valence-corrected chi connectivity index (χ1v) is 7.93. The zero-order valence-corrected chi connectivity index (χ0v) is 13.1. The maximum atomic E-state index is 11.8. The maximum absolute atomic E-state index is 11.8. The van der Waals surface area contributed by atoms with Gasteiger partial charge in [0.25, 0.3) is 0 Å². The molecule has 6 nitrogen and oxygen atoms in total. The quantitative estimate of drug-likeness (QED) is 0.612. The summed E-state index contributed by atoms with van der Waals surface area (Å²) in [6.45, 7) is 2.26. The molecule has 0 unspecified atom stereocenters. The molecule has 3 N–H and O–H groups in total. The number of nitrogens with one attached hydrogen (secondary N) is 1. The molecule has 6 heteroatoms. The Morgan fingerprint density at radius 1 is 1.19 bits per heavy atom. The number of ether oxygens (including phenoxy) is 1. The first-order chi connectivity index (χ1) is 10.2. The van der Waals surface area contributed by atoms with Crippen molar-refractivity contribution in [3.63, 3.8) is 0 Å². The summed E-state index contributed by atoms with van der Waals surface area (Å²) in [5.41, 5.74) is 5.43. The molecular weight excluding hydrogens is 270 g/mol. The van der Waals surface area contributed by atoms with Crippen LogP contribution in [0, 0.1) is 0 Å². The number of amides is 2. The number of methoxy groups -OCH3 is 1. The van der Waals surface area contributed by atoms with E-state index in [-0.39, 0.29) is 24.5 Å². The third kappa shape index (κ3) is 7.43. The van der Waals surface area contributed by atoms with E-state index in [0.29, 0.717) is 19.5 Å². The number of carbonyl (C=O) groups excluding carboxylic acids is 2. The lowest BCUT2D eigenvalue weighted by molar-refractivity contribution is -0.136. The summed E-state index contributed by atoms with van der Waals surface area (Å²) in [4.78, 5) is 25.3. The number of rotatable bonds is 9. The normalized spacial score (nSPS) is 16.0. The molecule has 1 aliphatic rings. The van der Waals surface area contributed by atoms with E-state index >= 15 is 0 Å². The smallest absolute Gasteiger partial charge is 0.248 e. The SMILES string of the molecule is COCC(=O)N1CCC(NC(=O)CCCCCCN)CC1. The highest BCUT2D eigenvalue weighted by Crippen LogP contribution is 2.11. The zero-order valence-electron chi connectivity index (χ0n) is 13.1. The van der Waals surface area contributed by atoms with Crippen LogP contribution in [0.25, 0.3) is 0 Å². The summed E-state index contributed by atoms with van der Waals surface area (Å²) < 4.78 is 4.85. The Balaban J connectivity index is 2.11. The van der Waals surface area contributed by atoms with E-state index in [4.69, 9.17) is 10.5 Å². The van der Waals surface area contributed by atoms with Crippen LogP contribution in [-0.2, 0) is 14.3 Å². The summed E-state index contributed by atoms with van der Waals surface area (Å²) in [6, 6.07) is 0.202. The second-order valence-corrected chi connectivity index (χ2v) is 5.61. The molecule has 1 heterocycles. The van der Waals surface area contributed by atoms with Crippen LogP contribution in [0.15, 0.2) is 0 Å². The molecule has 0 atom stereocenters. The maximum Gasteiger partial charge on any atom is 0.248 e. The van der Waals surface area contributed by atoms with Crippen LogP contribution in [-0.4, -0.2) is 56.1 Å². The van der Waals surface area contributed by atoms with Crippen LogP contribution in [0.1, 0.15) is 44.9 Å². The topological polar surface area (TPSA) is 84.7 Å². The fourth-order valence-electron chi connectivity index (χ4n) is 2.57. The minimum Gasteiger partial charge on any atom is -0.375 e. The van der Waals surface area contributed by atoms with Gasteiger partial charge in [0.05, 0.1) is 0 Å². The average Bonchev–Trinajstić information content (AvgIpc) is 2.48. The number of hydrogen-bond donors (Lipinski definition) is 2. The first kappa shape index (κ1) is 17.9. The highest BCUT2D eigenvalue weighted by Gasteiger charge is 2.23. The number of unbranched alkanes of at least 4 members (excludes halogenated alkanes) is 3. The van der Waals surface area contributed by atoms with Gasteiger partial charge in [-0.2, -0.15) is 0 Å². The fourth-order valence-corrected chi connectivity index (χ4v) is 2.57. The average molecular weight is 299 g/mol. The van der Waals surface area contributed by atoms with Crippen LogP contribution in [0.3, 0.4) is 0 Å². The fraction of sp³-hybridized carbons (Fsp3) is 0.867. The number of nitrogens with two attached hydrogens (primary N) is 1. The van der Waals surface area contributed by atoms with Crippen molar-refractivity contribution < 1.29 is 14.3 Å². The van der Waals surface area contributed by atoms with E-state index in [1.807, 2.05) is 0 Å². The Bertz CT molecular complexity index is 315. The number of hydrogen-bond acceptors (Lipinski definition) is 4. The monoisotopic (exact) mass is 299 g/mol. The number of likely N-dealkylation sites (tertiary alicyclic amines) is 1. The molecular formula is C15H29N3O3. The van der Waals surface area contributed by atoms with E-state index in [9.17, 15) is 9.59 Å². The summed E-state index contributed by atoms with van der Waals surface area (Å²) in [5, 5.41) is 3.07. The Labute approximate surface area is 127 Å². The molecule has 0 aromatic heterocycles. The minimum atomic E-state index is 0.0298. The predicted octanol–water partition coefficient (Wildman–Crippen LogP) is 0.649. The van der Waals surface area contributed by atoms with Gasteiger partial charge in [-0.3, -0.25) is 9.59 Å². The molecule has 0 aromatic carbocycles. The molecule has 1 fully saturated rings. The van der Waals surface area contributed by atoms with Gasteiger partial charge in [-0.1, -0.05) is 12.8 Å². The van der Waals surface area contributed by atoms with Gasteiger partial charge in [0.1, 0.15) is 6.61 Å². The number of carbonyl (C=O) groups is 2. The van der Waals surface area contributed by atoms with Gasteiger partial charge < -0.3 is 20.7 Å². The molecule has 0 aliphatic carbocycles. The molecule has 1 saturated heterocycles. The van der Waals surface area contributed by atoms with Gasteiger partial charge in [-0.15, -0.1) is 0 Å². The van der Waals surface area contributed by atoms with Crippen molar-refractivity contribution in [2.24, 2.45) is 5.73 Å². The molecule has 0 aromatic rings.